The number of aryl methyl sites for hydroxylation is 2. The highest BCUT2D eigenvalue weighted by atomic mass is 32.2. The number of carboxylic acids is 1. The summed E-state index contributed by atoms with van der Waals surface area (Å²) in [5, 5.41) is 13.1. The Balaban J connectivity index is 1.62. The van der Waals surface area contributed by atoms with Crippen molar-refractivity contribution in [2.45, 2.75) is 84.3 Å². The van der Waals surface area contributed by atoms with Crippen LogP contribution in [-0.4, -0.2) is 60.9 Å². The molecule has 2 aromatic carbocycles. The van der Waals surface area contributed by atoms with Crippen molar-refractivity contribution in [2.24, 2.45) is 11.3 Å². The summed E-state index contributed by atoms with van der Waals surface area (Å²) < 4.78 is 41.3. The smallest absolute Gasteiger partial charge is 0.335 e. The summed E-state index contributed by atoms with van der Waals surface area (Å²) in [5.74, 6) is -0.676. The van der Waals surface area contributed by atoms with Crippen molar-refractivity contribution in [3.05, 3.63) is 65.2 Å². The van der Waals surface area contributed by atoms with Crippen LogP contribution in [0.25, 0.3) is 11.3 Å². The van der Waals surface area contributed by atoms with E-state index in [0.717, 1.165) is 55.2 Å². The minimum absolute atomic E-state index is 0.0217. The largest absolute Gasteiger partial charge is 0.478 e. The van der Waals surface area contributed by atoms with Gasteiger partial charge in [0.05, 0.1) is 21.8 Å². The van der Waals surface area contributed by atoms with E-state index in [0.29, 0.717) is 18.2 Å². The quantitative estimate of drug-likeness (QED) is 0.210. The Morgan fingerprint density at radius 1 is 1.11 bits per heavy atom. The monoisotopic (exact) mass is 638 g/mol. The van der Waals surface area contributed by atoms with Gasteiger partial charge in [-0.05, 0) is 94.2 Å². The molecule has 0 saturated carbocycles. The zero-order valence-electron chi connectivity index (χ0n) is 27.3. The van der Waals surface area contributed by atoms with Crippen molar-refractivity contribution in [1.82, 2.24) is 15.3 Å². The molecular formula is C34H46N4O6S. The molecule has 0 aliphatic carbocycles. The summed E-state index contributed by atoms with van der Waals surface area (Å²) in [6.07, 6.45) is 2.84. The van der Waals surface area contributed by atoms with Crippen LogP contribution in [0.4, 0.5) is 5.95 Å². The van der Waals surface area contributed by atoms with Gasteiger partial charge in [-0.15, -0.1) is 0 Å². The lowest BCUT2D eigenvalue weighted by molar-refractivity contribution is -0.0723. The molecule has 1 fully saturated rings. The first kappa shape index (κ1) is 34.3. The number of nitrogens with zero attached hydrogens (tertiary/aromatic N) is 2. The van der Waals surface area contributed by atoms with Gasteiger partial charge in [-0.25, -0.2) is 22.9 Å². The molecule has 10 nitrogen and oxygen atoms in total. The van der Waals surface area contributed by atoms with Gasteiger partial charge in [-0.3, -0.25) is 0 Å². The Hall–Kier alpha value is -3.54. The third-order valence-electron chi connectivity index (χ3n) is 7.84. The van der Waals surface area contributed by atoms with E-state index in [1.807, 2.05) is 32.0 Å². The Labute approximate surface area is 267 Å². The van der Waals surface area contributed by atoms with Crippen LogP contribution in [0.3, 0.4) is 0 Å². The number of hydrogen-bond acceptors (Lipinski definition) is 8. The number of aromatic nitrogens is 2. The van der Waals surface area contributed by atoms with E-state index in [-0.39, 0.29) is 39.3 Å². The summed E-state index contributed by atoms with van der Waals surface area (Å²) in [6.45, 7) is 16.7. The highest BCUT2D eigenvalue weighted by molar-refractivity contribution is 7.92. The number of aromatic carboxylic acids is 1. The Kier molecular flexibility index (Phi) is 10.6. The van der Waals surface area contributed by atoms with Crippen molar-refractivity contribution in [3.8, 4) is 17.1 Å². The molecule has 45 heavy (non-hydrogen) atoms. The molecule has 2 atom stereocenters. The molecule has 2 unspecified atom stereocenters. The Bertz CT molecular complexity index is 1600. The van der Waals surface area contributed by atoms with Crippen molar-refractivity contribution < 1.29 is 27.8 Å². The van der Waals surface area contributed by atoms with Crippen LogP contribution in [0.2, 0.25) is 0 Å². The molecular weight excluding hydrogens is 592 g/mol. The fourth-order valence-corrected chi connectivity index (χ4v) is 6.84. The van der Waals surface area contributed by atoms with E-state index in [1.165, 1.54) is 18.2 Å². The highest BCUT2D eigenvalue weighted by Crippen LogP contribution is 2.31. The predicted molar refractivity (Wildman–Crippen MR) is 175 cm³/mol. The van der Waals surface area contributed by atoms with Gasteiger partial charge in [0.25, 0.3) is 10.0 Å². The molecule has 0 radical (unpaired) electrons. The van der Waals surface area contributed by atoms with Crippen LogP contribution in [0.1, 0.15) is 75.4 Å². The minimum atomic E-state index is -4.21. The summed E-state index contributed by atoms with van der Waals surface area (Å²) in [6, 6.07) is 12.8. The molecule has 11 heteroatoms. The SMILES string of the molecule is Cc1cccc(C)c1-c1cc(OCC(CC(C)(C)C)NCC2CCOC(C)(C)C2)nc(NS(=O)(=O)c2cccc(C(=O)O)c2)n1. The van der Waals surface area contributed by atoms with Crippen LogP contribution in [-0.2, 0) is 14.8 Å². The number of hydrogen-bond donors (Lipinski definition) is 3. The van der Waals surface area contributed by atoms with E-state index in [9.17, 15) is 18.3 Å². The van der Waals surface area contributed by atoms with Crippen molar-refractivity contribution in [3.63, 3.8) is 0 Å². The Morgan fingerprint density at radius 2 is 1.80 bits per heavy atom. The van der Waals surface area contributed by atoms with Crippen molar-refractivity contribution in [1.29, 1.82) is 0 Å². The van der Waals surface area contributed by atoms with E-state index in [1.54, 1.807) is 6.07 Å². The van der Waals surface area contributed by atoms with Gasteiger partial charge >= 0.3 is 5.97 Å². The number of anilines is 1. The van der Waals surface area contributed by atoms with Crippen molar-refractivity contribution in [2.75, 3.05) is 24.5 Å². The number of carbonyl (C=O) groups is 1. The lowest BCUT2D eigenvalue weighted by Crippen LogP contribution is -2.43. The first-order valence-electron chi connectivity index (χ1n) is 15.3. The summed E-state index contributed by atoms with van der Waals surface area (Å²) >= 11 is 0. The van der Waals surface area contributed by atoms with Crippen molar-refractivity contribution >= 4 is 21.9 Å². The zero-order valence-corrected chi connectivity index (χ0v) is 28.1. The van der Waals surface area contributed by atoms with Crippen LogP contribution in [0.15, 0.2) is 53.4 Å². The first-order valence-corrected chi connectivity index (χ1v) is 16.8. The second-order valence-electron chi connectivity index (χ2n) is 13.8. The Morgan fingerprint density at radius 3 is 2.44 bits per heavy atom. The summed E-state index contributed by atoms with van der Waals surface area (Å²) in [4.78, 5) is 20.3. The topological polar surface area (TPSA) is 140 Å². The van der Waals surface area contributed by atoms with Crippen LogP contribution in [0.5, 0.6) is 5.88 Å². The number of benzene rings is 2. The lowest BCUT2D eigenvalue weighted by atomic mass is 9.86. The van der Waals surface area contributed by atoms with Gasteiger partial charge in [0, 0.05) is 24.3 Å². The number of rotatable bonds is 12. The summed E-state index contributed by atoms with van der Waals surface area (Å²) in [5.41, 5.74) is 3.06. The first-order chi connectivity index (χ1) is 21.0. The van der Waals surface area contributed by atoms with Gasteiger partial charge in [-0.1, -0.05) is 45.0 Å². The molecule has 0 bridgehead atoms. The molecule has 0 spiro atoms. The number of carboxylic acid groups (broad SMARTS) is 1. The zero-order chi connectivity index (χ0) is 33.0. The second kappa shape index (κ2) is 13.8. The minimum Gasteiger partial charge on any atom is -0.478 e. The third-order valence-corrected chi connectivity index (χ3v) is 9.17. The maximum absolute atomic E-state index is 13.3. The molecule has 1 aromatic heterocycles. The normalized spacial score (nSPS) is 17.4. The van der Waals surface area contributed by atoms with Gasteiger partial charge in [-0.2, -0.15) is 4.98 Å². The number of nitrogens with one attached hydrogen (secondary N) is 2. The molecule has 3 aromatic rings. The highest BCUT2D eigenvalue weighted by Gasteiger charge is 2.30. The van der Waals surface area contributed by atoms with Crippen LogP contribution >= 0.6 is 0 Å². The summed E-state index contributed by atoms with van der Waals surface area (Å²) in [7, 11) is -4.21. The molecule has 1 aliphatic heterocycles. The van der Waals surface area contributed by atoms with E-state index in [2.05, 4.69) is 54.6 Å². The van der Waals surface area contributed by atoms with Crippen LogP contribution < -0.4 is 14.8 Å². The molecule has 4 rings (SSSR count). The van der Waals surface area contributed by atoms with Gasteiger partial charge in [0.2, 0.25) is 11.8 Å². The van der Waals surface area contributed by atoms with Gasteiger partial charge in [0.1, 0.15) is 6.61 Å². The average molecular weight is 639 g/mol. The van der Waals surface area contributed by atoms with E-state index >= 15 is 0 Å². The van der Waals surface area contributed by atoms with Gasteiger partial charge < -0.3 is 19.9 Å². The average Bonchev–Trinajstić information content (AvgIpc) is 2.93. The fourth-order valence-electron chi connectivity index (χ4n) is 5.85. The van der Waals surface area contributed by atoms with E-state index < -0.39 is 16.0 Å². The standard InChI is InChI=1S/C34H46N4O6S/c1-22-10-8-11-23(2)30(22)28-17-29(37-32(36-28)38-45(41,42)27-13-9-12-25(16-27)31(39)40)43-21-26(19-33(3,4)5)35-20-24-14-15-44-34(6,7)18-24/h8-13,16-17,24,26,35H,14-15,18-21H2,1-7H3,(H,39,40)(H,36,37,38). The molecule has 1 aliphatic rings. The number of ether oxygens (including phenoxy) is 2. The third kappa shape index (κ3) is 9.72. The fraction of sp³-hybridized carbons (Fsp3) is 0.500. The van der Waals surface area contributed by atoms with E-state index in [4.69, 9.17) is 9.47 Å². The molecule has 1 saturated heterocycles. The maximum atomic E-state index is 13.3. The van der Waals surface area contributed by atoms with Gasteiger partial charge in [0.15, 0.2) is 0 Å². The molecule has 244 valence electrons. The molecule has 0 amide bonds. The molecule has 2 heterocycles. The molecule has 3 N–H and O–H groups in total. The second-order valence-corrected chi connectivity index (χ2v) is 15.5. The lowest BCUT2D eigenvalue weighted by Gasteiger charge is -2.36. The maximum Gasteiger partial charge on any atom is 0.335 e. The predicted octanol–water partition coefficient (Wildman–Crippen LogP) is 6.24. The number of sulfonamides is 1. The van der Waals surface area contributed by atoms with Crippen LogP contribution in [0, 0.1) is 25.2 Å².